The second kappa shape index (κ2) is 11.8. The fourth-order valence-electron chi connectivity index (χ4n) is 5.37. The Balaban J connectivity index is 0.00000329. The number of amides is 4. The van der Waals surface area contributed by atoms with E-state index in [9.17, 15) is 14.4 Å². The van der Waals surface area contributed by atoms with Gasteiger partial charge in [-0.1, -0.05) is 36.4 Å². The zero-order valence-electron chi connectivity index (χ0n) is 22.8. The van der Waals surface area contributed by atoms with Crippen LogP contribution in [-0.4, -0.2) is 46.9 Å². The molecule has 2 aliphatic rings. The molecule has 1 saturated heterocycles. The third kappa shape index (κ3) is 5.40. The second-order valence-electron chi connectivity index (χ2n) is 10.1. The summed E-state index contributed by atoms with van der Waals surface area (Å²) in [7, 11) is 0. The number of thiophene rings is 1. The lowest BCUT2D eigenvalue weighted by atomic mass is 10.1. The highest BCUT2D eigenvalue weighted by Crippen LogP contribution is 2.46. The molecular formula is C32H27N5O4S2. The molecule has 4 heterocycles. The second-order valence-corrected chi connectivity index (χ2v) is 11.1. The first-order valence-electron chi connectivity index (χ1n) is 13.6. The molecule has 1 fully saturated rings. The minimum absolute atomic E-state index is 0. The van der Waals surface area contributed by atoms with Gasteiger partial charge in [0.25, 0.3) is 11.8 Å². The number of nitrogens with one attached hydrogen (secondary N) is 2. The molecule has 9 nitrogen and oxygen atoms in total. The lowest BCUT2D eigenvalue weighted by molar-refractivity contribution is 0.0783. The first-order chi connectivity index (χ1) is 20.5. The summed E-state index contributed by atoms with van der Waals surface area (Å²) < 4.78 is 5.89. The van der Waals surface area contributed by atoms with Crippen molar-refractivity contribution in [3.63, 3.8) is 0 Å². The monoisotopic (exact) mass is 609 g/mol. The summed E-state index contributed by atoms with van der Waals surface area (Å²) in [5.41, 5.74) is 2.38. The number of para-hydroxylation sites is 1. The van der Waals surface area contributed by atoms with E-state index in [-0.39, 0.29) is 37.4 Å². The number of anilines is 3. The van der Waals surface area contributed by atoms with E-state index < -0.39 is 0 Å². The van der Waals surface area contributed by atoms with Crippen LogP contribution < -0.4 is 20.3 Å². The van der Waals surface area contributed by atoms with Crippen molar-refractivity contribution < 1.29 is 19.1 Å². The van der Waals surface area contributed by atoms with Crippen LogP contribution >= 0.6 is 24.8 Å². The van der Waals surface area contributed by atoms with E-state index in [0.717, 1.165) is 5.75 Å². The van der Waals surface area contributed by atoms with Crippen LogP contribution in [0.3, 0.4) is 0 Å². The van der Waals surface area contributed by atoms with Gasteiger partial charge < -0.3 is 20.3 Å². The third-order valence-electron chi connectivity index (χ3n) is 7.36. The topological polar surface area (TPSA) is 104 Å². The molecular weight excluding hydrogens is 583 g/mol. The van der Waals surface area contributed by atoms with E-state index in [0.29, 0.717) is 63.0 Å². The summed E-state index contributed by atoms with van der Waals surface area (Å²) in [6.45, 7) is 0.984. The maximum absolute atomic E-state index is 13.5. The van der Waals surface area contributed by atoms with Crippen molar-refractivity contribution in [2.75, 3.05) is 23.3 Å². The Hall–Kier alpha value is -4.87. The Labute approximate surface area is 258 Å². The molecule has 7 rings (SSSR count). The van der Waals surface area contributed by atoms with Gasteiger partial charge in [-0.15, -0.1) is 11.3 Å². The van der Waals surface area contributed by atoms with Crippen molar-refractivity contribution in [1.82, 2.24) is 15.2 Å². The molecule has 2 aliphatic heterocycles. The molecule has 0 saturated carbocycles. The smallest absolute Gasteiger partial charge is 0.331 e. The molecule has 5 aromatic rings. The molecule has 43 heavy (non-hydrogen) atoms. The van der Waals surface area contributed by atoms with Gasteiger partial charge >= 0.3 is 6.03 Å². The van der Waals surface area contributed by atoms with E-state index in [1.165, 1.54) is 11.3 Å². The van der Waals surface area contributed by atoms with Crippen LogP contribution in [0.1, 0.15) is 26.5 Å². The number of carbonyl (C=O) groups is 3. The van der Waals surface area contributed by atoms with Gasteiger partial charge in [-0.05, 0) is 61.0 Å². The van der Waals surface area contributed by atoms with Gasteiger partial charge in [0.15, 0.2) is 0 Å². The molecule has 1 atom stereocenters. The largest absolute Gasteiger partial charge is 0.457 e. The number of likely N-dealkylation sites (tertiary alicyclic amines) is 1. The van der Waals surface area contributed by atoms with Crippen LogP contribution in [0.4, 0.5) is 21.9 Å². The lowest BCUT2D eigenvalue weighted by Gasteiger charge is -2.28. The molecule has 4 amide bonds. The molecule has 0 aliphatic carbocycles. The standard InChI is InChI=1S/C32H25N5O4S.H2S/c38-29(34-21-16-18-36(19-21)31(39)20-7-3-1-4-8-20)28-27-26-25(15-17-33-30(26)42-28)37(32(40)35-27)22-11-13-24(14-12-22)41-23-9-5-2-6-10-23;/h1-15,17,21H,16,18-19H2,(H,34,38)(H,35,40);1H2/t21-;/m0./s1. The number of benzene rings is 3. The number of hydrogen-bond acceptors (Lipinski definition) is 6. The zero-order valence-corrected chi connectivity index (χ0v) is 24.6. The lowest BCUT2D eigenvalue weighted by Crippen LogP contribution is -2.39. The number of rotatable bonds is 6. The SMILES string of the molecule is O=C(N[C@H]1CCN(C(=O)c2ccccc2)C1)c1sc2nccc3c2c1NC(=O)N3c1ccc(Oc2ccccc2)cc1.S. The van der Waals surface area contributed by atoms with Gasteiger partial charge in [0.05, 0.1) is 22.4 Å². The number of nitrogens with zero attached hydrogens (tertiary/aromatic N) is 3. The quantitative estimate of drug-likeness (QED) is 0.228. The minimum atomic E-state index is -0.375. The summed E-state index contributed by atoms with van der Waals surface area (Å²) in [6.07, 6.45) is 2.29. The summed E-state index contributed by atoms with van der Waals surface area (Å²) in [5.74, 6) is 1.02. The highest BCUT2D eigenvalue weighted by molar-refractivity contribution is 7.59. The Morgan fingerprint density at radius 1 is 0.930 bits per heavy atom. The Morgan fingerprint density at radius 2 is 1.63 bits per heavy atom. The van der Waals surface area contributed by atoms with Crippen molar-refractivity contribution in [3.05, 3.63) is 108 Å². The van der Waals surface area contributed by atoms with Gasteiger partial charge in [0.2, 0.25) is 0 Å². The van der Waals surface area contributed by atoms with Gasteiger partial charge in [-0.2, -0.15) is 13.5 Å². The van der Waals surface area contributed by atoms with Crippen LogP contribution in [0.5, 0.6) is 11.5 Å². The Morgan fingerprint density at radius 3 is 2.37 bits per heavy atom. The van der Waals surface area contributed by atoms with E-state index >= 15 is 0 Å². The number of ether oxygens (including phenoxy) is 1. The third-order valence-corrected chi connectivity index (χ3v) is 8.45. The molecule has 11 heteroatoms. The van der Waals surface area contributed by atoms with Gasteiger partial charge in [0, 0.05) is 30.9 Å². The molecule has 0 bridgehead atoms. The van der Waals surface area contributed by atoms with Crippen molar-refractivity contribution in [1.29, 1.82) is 0 Å². The van der Waals surface area contributed by atoms with Crippen LogP contribution in [0.2, 0.25) is 0 Å². The van der Waals surface area contributed by atoms with Crippen molar-refractivity contribution >= 4 is 70.0 Å². The number of aromatic nitrogens is 1. The van der Waals surface area contributed by atoms with Crippen LogP contribution in [0.15, 0.2) is 97.2 Å². The van der Waals surface area contributed by atoms with E-state index in [4.69, 9.17) is 4.74 Å². The van der Waals surface area contributed by atoms with Crippen molar-refractivity contribution in [2.24, 2.45) is 0 Å². The summed E-state index contributed by atoms with van der Waals surface area (Å²) >= 11 is 1.24. The Bertz CT molecular complexity index is 1810. The molecule has 216 valence electrons. The fraction of sp³-hybridized carbons (Fsp3) is 0.125. The van der Waals surface area contributed by atoms with Gasteiger partial charge in [0.1, 0.15) is 21.2 Å². The van der Waals surface area contributed by atoms with Gasteiger partial charge in [-0.25, -0.2) is 9.78 Å². The number of pyridine rings is 1. The van der Waals surface area contributed by atoms with Crippen LogP contribution in [-0.2, 0) is 0 Å². The average molecular weight is 610 g/mol. The predicted octanol–water partition coefficient (Wildman–Crippen LogP) is 6.53. The Kier molecular flexibility index (Phi) is 7.75. The maximum Gasteiger partial charge on any atom is 0.331 e. The van der Waals surface area contributed by atoms with E-state index in [1.54, 1.807) is 34.2 Å². The predicted molar refractivity (Wildman–Crippen MR) is 172 cm³/mol. The summed E-state index contributed by atoms with van der Waals surface area (Å²) in [5, 5.41) is 6.71. The molecule has 2 N–H and O–H groups in total. The number of carbonyl (C=O) groups excluding carboxylic acids is 3. The first kappa shape index (κ1) is 28.3. The van der Waals surface area contributed by atoms with Crippen LogP contribution in [0.25, 0.3) is 10.2 Å². The summed E-state index contributed by atoms with van der Waals surface area (Å²) in [4.78, 5) is 48.6. The molecule has 0 radical (unpaired) electrons. The maximum atomic E-state index is 13.5. The van der Waals surface area contributed by atoms with Gasteiger partial charge in [-0.3, -0.25) is 14.5 Å². The van der Waals surface area contributed by atoms with Crippen LogP contribution in [0, 0.1) is 0 Å². The highest BCUT2D eigenvalue weighted by Gasteiger charge is 2.34. The average Bonchev–Trinajstić information content (AvgIpc) is 3.64. The number of hydrogen-bond donors (Lipinski definition) is 2. The first-order valence-corrected chi connectivity index (χ1v) is 14.4. The van der Waals surface area contributed by atoms with E-state index in [2.05, 4.69) is 15.6 Å². The fourth-order valence-corrected chi connectivity index (χ4v) is 6.39. The van der Waals surface area contributed by atoms with Crippen molar-refractivity contribution in [3.8, 4) is 11.5 Å². The zero-order chi connectivity index (χ0) is 28.6. The summed E-state index contributed by atoms with van der Waals surface area (Å²) in [6, 6.07) is 27.1. The molecule has 0 unspecified atom stereocenters. The minimum Gasteiger partial charge on any atom is -0.457 e. The molecule has 0 spiro atoms. The highest BCUT2D eigenvalue weighted by atomic mass is 32.1. The van der Waals surface area contributed by atoms with E-state index in [1.807, 2.05) is 72.8 Å². The van der Waals surface area contributed by atoms with Crippen molar-refractivity contribution in [2.45, 2.75) is 12.5 Å². The number of urea groups is 1. The normalized spacial score (nSPS) is 15.5. The molecule has 3 aromatic carbocycles. The molecule has 2 aromatic heterocycles.